The van der Waals surface area contributed by atoms with Crippen molar-refractivity contribution < 1.29 is 0 Å². The van der Waals surface area contributed by atoms with Crippen molar-refractivity contribution in [2.75, 3.05) is 49.2 Å². The second kappa shape index (κ2) is 8.11. The molecule has 1 saturated carbocycles. The fourth-order valence-corrected chi connectivity index (χ4v) is 4.10. The highest BCUT2D eigenvalue weighted by Gasteiger charge is 2.26. The summed E-state index contributed by atoms with van der Waals surface area (Å²) in [4.78, 5) is 19.6. The van der Waals surface area contributed by atoms with Gasteiger partial charge in [-0.2, -0.15) is 20.1 Å². The van der Waals surface area contributed by atoms with Crippen LogP contribution in [-0.4, -0.2) is 63.3 Å². The SMILES string of the molecule is CN1CCN(c2nc(Nc3cc(C4CC4)[nH]n3)nc(Sc3ccc(N)cc3)n2)CC1. The summed E-state index contributed by atoms with van der Waals surface area (Å²) in [5, 5.41) is 11.4. The maximum atomic E-state index is 5.81. The van der Waals surface area contributed by atoms with Crippen molar-refractivity contribution in [3.05, 3.63) is 36.0 Å². The minimum Gasteiger partial charge on any atom is -0.399 e. The molecular formula is C20H25N9S. The average molecular weight is 424 g/mol. The number of anilines is 4. The van der Waals surface area contributed by atoms with E-state index in [-0.39, 0.29) is 0 Å². The number of hydrogen-bond donors (Lipinski definition) is 3. The number of aromatic nitrogens is 5. The molecule has 2 aliphatic rings. The van der Waals surface area contributed by atoms with E-state index in [2.05, 4.69) is 42.3 Å². The predicted molar refractivity (Wildman–Crippen MR) is 118 cm³/mol. The zero-order chi connectivity index (χ0) is 20.5. The molecule has 1 aromatic carbocycles. The predicted octanol–water partition coefficient (Wildman–Crippen LogP) is 2.70. The van der Waals surface area contributed by atoms with Crippen LogP contribution in [0.3, 0.4) is 0 Å². The van der Waals surface area contributed by atoms with Crippen LogP contribution in [0.25, 0.3) is 0 Å². The number of aromatic amines is 1. The fourth-order valence-electron chi connectivity index (χ4n) is 3.36. The van der Waals surface area contributed by atoms with Crippen LogP contribution < -0.4 is 16.0 Å². The third-order valence-electron chi connectivity index (χ3n) is 5.33. The van der Waals surface area contributed by atoms with Crippen molar-refractivity contribution in [1.82, 2.24) is 30.0 Å². The van der Waals surface area contributed by atoms with E-state index < -0.39 is 0 Å². The lowest BCUT2D eigenvalue weighted by atomic mass is 10.3. The van der Waals surface area contributed by atoms with Gasteiger partial charge in [0.2, 0.25) is 11.9 Å². The Morgan fingerprint density at radius 3 is 2.57 bits per heavy atom. The highest BCUT2D eigenvalue weighted by Crippen LogP contribution is 2.39. The van der Waals surface area contributed by atoms with Gasteiger partial charge in [-0.3, -0.25) is 5.10 Å². The third kappa shape index (κ3) is 4.49. The number of hydrogen-bond acceptors (Lipinski definition) is 9. The molecule has 4 N–H and O–H groups in total. The number of benzene rings is 1. The molecule has 5 rings (SSSR count). The van der Waals surface area contributed by atoms with Crippen molar-refractivity contribution in [1.29, 1.82) is 0 Å². The first-order valence-corrected chi connectivity index (χ1v) is 11.0. The molecule has 10 heteroatoms. The lowest BCUT2D eigenvalue weighted by molar-refractivity contribution is 0.311. The molecule has 9 nitrogen and oxygen atoms in total. The standard InChI is InChI=1S/C20H25N9S/c1-28-8-10-29(11-9-28)19-23-18(22-17-12-16(26-27-17)13-2-3-13)24-20(25-19)30-15-6-4-14(21)5-7-15/h4-7,12-13H,2-3,8-11,21H2,1H3,(H2,22,23,24,25,26,27). The second-order valence-corrected chi connectivity index (χ2v) is 8.85. The number of H-pyrrole nitrogens is 1. The Labute approximate surface area is 179 Å². The van der Waals surface area contributed by atoms with Crippen molar-refractivity contribution in [3.8, 4) is 0 Å². The molecule has 2 fully saturated rings. The number of nitrogens with two attached hydrogens (primary N) is 1. The largest absolute Gasteiger partial charge is 0.399 e. The fraction of sp³-hybridized carbons (Fsp3) is 0.400. The van der Waals surface area contributed by atoms with Crippen LogP contribution in [0.2, 0.25) is 0 Å². The average Bonchev–Trinajstić information content (AvgIpc) is 3.49. The van der Waals surface area contributed by atoms with Crippen molar-refractivity contribution in [2.45, 2.75) is 28.8 Å². The van der Waals surface area contributed by atoms with Gasteiger partial charge in [-0.25, -0.2) is 0 Å². The number of nitrogens with one attached hydrogen (secondary N) is 2. The molecule has 1 aliphatic carbocycles. The van der Waals surface area contributed by atoms with Crippen LogP contribution in [0.4, 0.5) is 23.4 Å². The Morgan fingerprint density at radius 2 is 1.83 bits per heavy atom. The first kappa shape index (κ1) is 19.1. The summed E-state index contributed by atoms with van der Waals surface area (Å²) >= 11 is 1.50. The number of piperazine rings is 1. The van der Waals surface area contributed by atoms with Gasteiger partial charge in [0.15, 0.2) is 11.0 Å². The van der Waals surface area contributed by atoms with Gasteiger partial charge in [-0.1, -0.05) is 0 Å². The Hall–Kier alpha value is -2.85. The Kier molecular flexibility index (Phi) is 5.17. The van der Waals surface area contributed by atoms with Crippen molar-refractivity contribution in [2.24, 2.45) is 0 Å². The third-order valence-corrected chi connectivity index (χ3v) is 6.21. The van der Waals surface area contributed by atoms with Crippen molar-refractivity contribution in [3.63, 3.8) is 0 Å². The van der Waals surface area contributed by atoms with Crippen LogP contribution in [0, 0.1) is 0 Å². The molecule has 156 valence electrons. The van der Waals surface area contributed by atoms with E-state index in [1.807, 2.05) is 30.3 Å². The van der Waals surface area contributed by atoms with Gasteiger partial charge in [0.05, 0.1) is 0 Å². The van der Waals surface area contributed by atoms with Gasteiger partial charge in [-0.15, -0.1) is 0 Å². The first-order chi connectivity index (χ1) is 14.6. The number of likely N-dealkylation sites (N-methyl/N-ethyl adjacent to an activating group) is 1. The van der Waals surface area contributed by atoms with Gasteiger partial charge >= 0.3 is 0 Å². The maximum Gasteiger partial charge on any atom is 0.234 e. The van der Waals surface area contributed by atoms with E-state index in [1.165, 1.54) is 30.3 Å². The highest BCUT2D eigenvalue weighted by molar-refractivity contribution is 7.99. The molecule has 3 heterocycles. The monoisotopic (exact) mass is 423 g/mol. The van der Waals surface area contributed by atoms with Crippen LogP contribution in [0.1, 0.15) is 24.5 Å². The Morgan fingerprint density at radius 1 is 1.07 bits per heavy atom. The van der Waals surface area contributed by atoms with E-state index in [0.717, 1.165) is 42.6 Å². The lowest BCUT2D eigenvalue weighted by Crippen LogP contribution is -2.45. The second-order valence-electron chi connectivity index (χ2n) is 7.81. The quantitative estimate of drug-likeness (QED) is 0.515. The Balaban J connectivity index is 1.41. The zero-order valence-corrected chi connectivity index (χ0v) is 17.7. The molecule has 1 aliphatic heterocycles. The smallest absolute Gasteiger partial charge is 0.234 e. The van der Waals surface area contributed by atoms with Gasteiger partial charge in [0.1, 0.15) is 0 Å². The summed E-state index contributed by atoms with van der Waals surface area (Å²) < 4.78 is 0. The van der Waals surface area contributed by atoms with Crippen LogP contribution >= 0.6 is 11.8 Å². The Bertz CT molecular complexity index is 1010. The van der Waals surface area contributed by atoms with Gasteiger partial charge in [0.25, 0.3) is 0 Å². The molecule has 0 atom stereocenters. The van der Waals surface area contributed by atoms with Crippen LogP contribution in [0.5, 0.6) is 0 Å². The van der Waals surface area contributed by atoms with E-state index in [4.69, 9.17) is 10.7 Å². The summed E-state index contributed by atoms with van der Waals surface area (Å²) in [6.45, 7) is 3.75. The molecule has 30 heavy (non-hydrogen) atoms. The summed E-state index contributed by atoms with van der Waals surface area (Å²) in [7, 11) is 2.13. The molecular weight excluding hydrogens is 398 g/mol. The molecule has 0 radical (unpaired) electrons. The van der Waals surface area contributed by atoms with E-state index in [0.29, 0.717) is 23.0 Å². The van der Waals surface area contributed by atoms with Gasteiger partial charge < -0.3 is 20.9 Å². The highest BCUT2D eigenvalue weighted by atomic mass is 32.2. The van der Waals surface area contributed by atoms with E-state index >= 15 is 0 Å². The summed E-state index contributed by atoms with van der Waals surface area (Å²) in [5.41, 5.74) is 7.71. The first-order valence-electron chi connectivity index (χ1n) is 10.2. The van der Waals surface area contributed by atoms with Crippen LogP contribution in [-0.2, 0) is 0 Å². The molecule has 2 aromatic heterocycles. The number of nitrogen functional groups attached to an aromatic ring is 1. The molecule has 0 amide bonds. The van der Waals surface area contributed by atoms with Gasteiger partial charge in [-0.05, 0) is 55.9 Å². The van der Waals surface area contributed by atoms with Crippen LogP contribution in [0.15, 0.2) is 40.4 Å². The van der Waals surface area contributed by atoms with Gasteiger partial charge in [0, 0.05) is 54.4 Å². The molecule has 3 aromatic rings. The minimum absolute atomic E-state index is 0.505. The minimum atomic E-state index is 0.505. The molecule has 0 spiro atoms. The number of nitrogens with zero attached hydrogens (tertiary/aromatic N) is 6. The van der Waals surface area contributed by atoms with E-state index in [1.54, 1.807) is 0 Å². The normalized spacial score (nSPS) is 17.3. The summed E-state index contributed by atoms with van der Waals surface area (Å²) in [6.07, 6.45) is 2.45. The summed E-state index contributed by atoms with van der Waals surface area (Å²) in [5.74, 6) is 2.54. The zero-order valence-electron chi connectivity index (χ0n) is 16.9. The molecule has 1 saturated heterocycles. The summed E-state index contributed by atoms with van der Waals surface area (Å²) in [6, 6.07) is 9.76. The molecule has 0 unspecified atom stereocenters. The topological polar surface area (TPSA) is 112 Å². The maximum absolute atomic E-state index is 5.81. The van der Waals surface area contributed by atoms with Crippen molar-refractivity contribution >= 4 is 35.2 Å². The van der Waals surface area contributed by atoms with E-state index in [9.17, 15) is 0 Å². The number of rotatable bonds is 6. The lowest BCUT2D eigenvalue weighted by Gasteiger charge is -2.32. The molecule has 0 bridgehead atoms.